The maximum atomic E-state index is 14.0. The van der Waals surface area contributed by atoms with Gasteiger partial charge in [-0.15, -0.1) is 0 Å². The Kier molecular flexibility index (Phi) is 4.20. The standard InChI is InChI=1S/C16H20FN3O/c1-20-14(6-8-19-20)7-9-21-16-5-2-12(10-15(16)17)11-18-13-3-4-13/h2,5-6,8,10,13,18H,3-4,7,9,11H2,1H3. The molecule has 112 valence electrons. The van der Waals surface area contributed by atoms with Crippen LogP contribution in [0.15, 0.2) is 30.5 Å². The van der Waals surface area contributed by atoms with Gasteiger partial charge in [0.15, 0.2) is 11.6 Å². The molecular weight excluding hydrogens is 269 g/mol. The fourth-order valence-electron chi connectivity index (χ4n) is 2.23. The van der Waals surface area contributed by atoms with E-state index in [9.17, 15) is 4.39 Å². The molecule has 1 N–H and O–H groups in total. The highest BCUT2D eigenvalue weighted by Gasteiger charge is 2.20. The van der Waals surface area contributed by atoms with E-state index in [0.717, 1.165) is 17.8 Å². The predicted octanol–water partition coefficient (Wildman–Crippen LogP) is 2.43. The predicted molar refractivity (Wildman–Crippen MR) is 78.7 cm³/mol. The highest BCUT2D eigenvalue weighted by molar-refractivity contribution is 5.29. The van der Waals surface area contributed by atoms with Crippen molar-refractivity contribution < 1.29 is 9.13 Å². The first-order valence-electron chi connectivity index (χ1n) is 7.34. The van der Waals surface area contributed by atoms with Crippen LogP contribution >= 0.6 is 0 Å². The molecule has 0 amide bonds. The average molecular weight is 289 g/mol. The quantitative estimate of drug-likeness (QED) is 0.851. The molecule has 5 heteroatoms. The second-order valence-corrected chi connectivity index (χ2v) is 5.46. The molecular formula is C16H20FN3O. The molecule has 0 aliphatic heterocycles. The molecule has 0 saturated heterocycles. The molecule has 0 bridgehead atoms. The minimum absolute atomic E-state index is 0.296. The van der Waals surface area contributed by atoms with Gasteiger partial charge in [0.25, 0.3) is 0 Å². The van der Waals surface area contributed by atoms with E-state index < -0.39 is 0 Å². The van der Waals surface area contributed by atoms with Gasteiger partial charge in [-0.3, -0.25) is 4.68 Å². The van der Waals surface area contributed by atoms with Crippen LogP contribution in [0.3, 0.4) is 0 Å². The zero-order valence-corrected chi connectivity index (χ0v) is 12.2. The summed E-state index contributed by atoms with van der Waals surface area (Å²) in [5.74, 6) is 0.0162. The maximum absolute atomic E-state index is 14.0. The van der Waals surface area contributed by atoms with E-state index in [1.807, 2.05) is 19.2 Å². The lowest BCUT2D eigenvalue weighted by Gasteiger charge is -2.09. The lowest BCUT2D eigenvalue weighted by atomic mass is 10.2. The SMILES string of the molecule is Cn1nccc1CCOc1ccc(CNC2CC2)cc1F. The molecule has 1 aliphatic carbocycles. The van der Waals surface area contributed by atoms with E-state index in [1.165, 1.54) is 12.8 Å². The van der Waals surface area contributed by atoms with Crippen LogP contribution in [-0.2, 0) is 20.0 Å². The van der Waals surface area contributed by atoms with Gasteiger partial charge in [-0.25, -0.2) is 4.39 Å². The molecule has 1 saturated carbocycles. The second-order valence-electron chi connectivity index (χ2n) is 5.46. The minimum atomic E-state index is -0.296. The van der Waals surface area contributed by atoms with Gasteiger partial charge in [0.05, 0.1) is 6.61 Å². The Morgan fingerprint density at radius 3 is 2.90 bits per heavy atom. The highest BCUT2D eigenvalue weighted by atomic mass is 19.1. The van der Waals surface area contributed by atoms with Crippen LogP contribution in [0.1, 0.15) is 24.1 Å². The van der Waals surface area contributed by atoms with Gasteiger partial charge in [0.2, 0.25) is 0 Å². The van der Waals surface area contributed by atoms with E-state index in [4.69, 9.17) is 4.74 Å². The fourth-order valence-corrected chi connectivity index (χ4v) is 2.23. The van der Waals surface area contributed by atoms with Gasteiger partial charge in [0.1, 0.15) is 0 Å². The third-order valence-corrected chi connectivity index (χ3v) is 3.71. The first-order chi connectivity index (χ1) is 10.2. The van der Waals surface area contributed by atoms with Crippen molar-refractivity contribution in [2.45, 2.75) is 31.8 Å². The highest BCUT2D eigenvalue weighted by Crippen LogP contribution is 2.21. The number of rotatable bonds is 7. The van der Waals surface area contributed by atoms with Crippen LogP contribution in [0.5, 0.6) is 5.75 Å². The molecule has 1 heterocycles. The van der Waals surface area contributed by atoms with Gasteiger partial charge in [-0.2, -0.15) is 5.10 Å². The first kappa shape index (κ1) is 14.1. The summed E-state index contributed by atoms with van der Waals surface area (Å²) >= 11 is 0. The van der Waals surface area contributed by atoms with Crippen molar-refractivity contribution in [3.63, 3.8) is 0 Å². The van der Waals surface area contributed by atoms with Crippen molar-refractivity contribution in [2.24, 2.45) is 7.05 Å². The number of nitrogens with zero attached hydrogens (tertiary/aromatic N) is 2. The Balaban J connectivity index is 1.51. The third-order valence-electron chi connectivity index (χ3n) is 3.71. The molecule has 1 aliphatic rings. The Morgan fingerprint density at radius 2 is 2.24 bits per heavy atom. The summed E-state index contributed by atoms with van der Waals surface area (Å²) in [7, 11) is 1.89. The molecule has 0 spiro atoms. The van der Waals surface area contributed by atoms with Crippen molar-refractivity contribution in [1.29, 1.82) is 0 Å². The average Bonchev–Trinajstić information content (AvgIpc) is 3.22. The largest absolute Gasteiger partial charge is 0.490 e. The topological polar surface area (TPSA) is 39.1 Å². The summed E-state index contributed by atoms with van der Waals surface area (Å²) in [4.78, 5) is 0. The lowest BCUT2D eigenvalue weighted by Crippen LogP contribution is -2.15. The number of ether oxygens (including phenoxy) is 1. The smallest absolute Gasteiger partial charge is 0.165 e. The monoisotopic (exact) mass is 289 g/mol. The van der Waals surface area contributed by atoms with Gasteiger partial charge >= 0.3 is 0 Å². The molecule has 0 unspecified atom stereocenters. The first-order valence-corrected chi connectivity index (χ1v) is 7.34. The second kappa shape index (κ2) is 6.26. The summed E-state index contributed by atoms with van der Waals surface area (Å²) in [6.45, 7) is 1.16. The Bertz CT molecular complexity index is 607. The van der Waals surface area contributed by atoms with Gasteiger partial charge < -0.3 is 10.1 Å². The molecule has 3 rings (SSSR count). The van der Waals surface area contributed by atoms with Gasteiger partial charge in [-0.1, -0.05) is 6.07 Å². The van der Waals surface area contributed by atoms with Crippen LogP contribution < -0.4 is 10.1 Å². The van der Waals surface area contributed by atoms with E-state index >= 15 is 0 Å². The van der Waals surface area contributed by atoms with Crippen molar-refractivity contribution in [1.82, 2.24) is 15.1 Å². The zero-order valence-electron chi connectivity index (χ0n) is 12.2. The summed E-state index contributed by atoms with van der Waals surface area (Å²) < 4.78 is 21.3. The molecule has 4 nitrogen and oxygen atoms in total. The number of benzene rings is 1. The summed E-state index contributed by atoms with van der Waals surface area (Å²) in [5.41, 5.74) is 2.03. The van der Waals surface area contributed by atoms with Crippen LogP contribution in [0, 0.1) is 5.82 Å². The zero-order chi connectivity index (χ0) is 14.7. The summed E-state index contributed by atoms with van der Waals surface area (Å²) in [6, 6.07) is 7.74. The number of nitrogens with one attached hydrogen (secondary N) is 1. The number of hydrogen-bond donors (Lipinski definition) is 1. The molecule has 1 fully saturated rings. The molecule has 1 aromatic heterocycles. The molecule has 21 heavy (non-hydrogen) atoms. The van der Waals surface area contributed by atoms with E-state index in [1.54, 1.807) is 23.0 Å². The van der Waals surface area contributed by atoms with Crippen LogP contribution in [-0.4, -0.2) is 22.4 Å². The van der Waals surface area contributed by atoms with Gasteiger partial charge in [0, 0.05) is 37.9 Å². The molecule has 1 aromatic carbocycles. The number of aryl methyl sites for hydroxylation is 1. The molecule has 0 radical (unpaired) electrons. The summed E-state index contributed by atoms with van der Waals surface area (Å²) in [6.07, 6.45) is 4.92. The van der Waals surface area contributed by atoms with Crippen molar-refractivity contribution in [3.05, 3.63) is 47.5 Å². The van der Waals surface area contributed by atoms with E-state index in [2.05, 4.69) is 10.4 Å². The van der Waals surface area contributed by atoms with Crippen LogP contribution in [0.4, 0.5) is 4.39 Å². The number of halogens is 1. The van der Waals surface area contributed by atoms with E-state index in [0.29, 0.717) is 24.8 Å². The van der Waals surface area contributed by atoms with Crippen LogP contribution in [0.2, 0.25) is 0 Å². The maximum Gasteiger partial charge on any atom is 0.165 e. The third kappa shape index (κ3) is 3.82. The van der Waals surface area contributed by atoms with Crippen molar-refractivity contribution in [2.75, 3.05) is 6.61 Å². The Labute approximate surface area is 123 Å². The minimum Gasteiger partial charge on any atom is -0.490 e. The van der Waals surface area contributed by atoms with E-state index in [-0.39, 0.29) is 5.82 Å². The molecule has 2 aromatic rings. The number of hydrogen-bond acceptors (Lipinski definition) is 3. The Hall–Kier alpha value is -1.88. The van der Waals surface area contributed by atoms with Gasteiger partial charge in [-0.05, 0) is 36.6 Å². The summed E-state index contributed by atoms with van der Waals surface area (Å²) in [5, 5.41) is 7.46. The normalized spacial score (nSPS) is 14.4. The Morgan fingerprint density at radius 1 is 1.38 bits per heavy atom. The van der Waals surface area contributed by atoms with Crippen molar-refractivity contribution >= 4 is 0 Å². The number of aromatic nitrogens is 2. The van der Waals surface area contributed by atoms with Crippen LogP contribution in [0.25, 0.3) is 0 Å². The fraction of sp³-hybridized carbons (Fsp3) is 0.438. The lowest BCUT2D eigenvalue weighted by molar-refractivity contribution is 0.302. The molecule has 0 atom stereocenters. The van der Waals surface area contributed by atoms with Crippen molar-refractivity contribution in [3.8, 4) is 5.75 Å².